The van der Waals surface area contributed by atoms with Gasteiger partial charge >= 0.3 is 0 Å². The van der Waals surface area contributed by atoms with Crippen LogP contribution in [0.15, 0.2) is 46.6 Å². The van der Waals surface area contributed by atoms with E-state index in [0.717, 1.165) is 11.8 Å². The molecule has 0 radical (unpaired) electrons. The lowest BCUT2D eigenvalue weighted by atomic mass is 10.2. The van der Waals surface area contributed by atoms with Crippen LogP contribution < -0.4 is 5.43 Å². The number of aromatic nitrogens is 5. The largest absolute Gasteiger partial charge is 0.411 e. The Morgan fingerprint density at radius 2 is 2.14 bits per heavy atom. The molecule has 1 aromatic carbocycles. The number of carbonyl (C=O) groups is 1. The van der Waals surface area contributed by atoms with Gasteiger partial charge in [-0.1, -0.05) is 17.8 Å². The average molecular weight is 320 g/mol. The molecule has 22 heavy (non-hydrogen) atoms. The second-order valence-corrected chi connectivity index (χ2v) is 5.00. The summed E-state index contributed by atoms with van der Waals surface area (Å²) in [5, 5.41) is 15.0. The van der Waals surface area contributed by atoms with E-state index in [2.05, 4.69) is 25.8 Å². The summed E-state index contributed by atoms with van der Waals surface area (Å²) in [7, 11) is 0. The quantitative estimate of drug-likeness (QED) is 0.708. The molecular formula is C12H9FN6O2S. The molecule has 0 bridgehead atoms. The molecule has 2 heterocycles. The summed E-state index contributed by atoms with van der Waals surface area (Å²) in [6.07, 6.45) is 2.72. The van der Waals surface area contributed by atoms with Gasteiger partial charge in [-0.05, 0) is 18.2 Å². The van der Waals surface area contributed by atoms with Crippen LogP contribution in [-0.2, 0) is 4.79 Å². The minimum atomic E-state index is -0.391. The number of hydrogen-bond donors (Lipinski definition) is 1. The molecule has 0 saturated carbocycles. The van der Waals surface area contributed by atoms with Crippen LogP contribution >= 0.6 is 11.8 Å². The lowest BCUT2D eigenvalue weighted by molar-refractivity contribution is -0.114. The van der Waals surface area contributed by atoms with Gasteiger partial charge in [-0.3, -0.25) is 10.2 Å². The zero-order chi connectivity index (χ0) is 15.4. The van der Waals surface area contributed by atoms with Crippen LogP contribution in [0.4, 0.5) is 4.39 Å². The van der Waals surface area contributed by atoms with Crippen LogP contribution in [-0.4, -0.2) is 36.7 Å². The number of thioether (sulfide) groups is 1. The molecule has 0 atom stereocenters. The van der Waals surface area contributed by atoms with Crippen molar-refractivity contribution in [2.75, 3.05) is 11.2 Å². The highest BCUT2D eigenvalue weighted by molar-refractivity contribution is 7.99. The average Bonchev–Trinajstić information content (AvgIpc) is 3.16. The van der Waals surface area contributed by atoms with Crippen molar-refractivity contribution in [3.8, 4) is 11.5 Å². The summed E-state index contributed by atoms with van der Waals surface area (Å²) in [6.45, 7) is 0. The number of nitrogens with one attached hydrogen (secondary N) is 1. The SMILES string of the molecule is O=C(CSc1nnc(-c2cccc(F)c2)o1)Nn1cnnc1. The van der Waals surface area contributed by atoms with Crippen LogP contribution in [0, 0.1) is 5.82 Å². The highest BCUT2D eigenvalue weighted by atomic mass is 32.2. The van der Waals surface area contributed by atoms with E-state index in [1.165, 1.54) is 29.5 Å². The van der Waals surface area contributed by atoms with Gasteiger partial charge in [-0.15, -0.1) is 20.4 Å². The Kier molecular flexibility index (Phi) is 4.10. The maximum atomic E-state index is 13.1. The lowest BCUT2D eigenvalue weighted by Gasteiger charge is -2.01. The van der Waals surface area contributed by atoms with E-state index < -0.39 is 5.82 Å². The van der Waals surface area contributed by atoms with Gasteiger partial charge < -0.3 is 4.42 Å². The Morgan fingerprint density at radius 1 is 1.32 bits per heavy atom. The van der Waals surface area contributed by atoms with Gasteiger partial charge in [-0.25, -0.2) is 9.07 Å². The van der Waals surface area contributed by atoms with Gasteiger partial charge in [0.2, 0.25) is 11.8 Å². The molecule has 112 valence electrons. The molecule has 0 aliphatic carbocycles. The minimum absolute atomic E-state index is 0.0724. The van der Waals surface area contributed by atoms with Crippen molar-refractivity contribution in [1.82, 2.24) is 25.1 Å². The summed E-state index contributed by atoms with van der Waals surface area (Å²) in [4.78, 5) is 11.7. The molecule has 3 rings (SSSR count). The normalized spacial score (nSPS) is 10.6. The number of benzene rings is 1. The molecule has 0 aliphatic heterocycles. The van der Waals surface area contributed by atoms with E-state index in [9.17, 15) is 9.18 Å². The van der Waals surface area contributed by atoms with Crippen LogP contribution in [0.1, 0.15) is 0 Å². The zero-order valence-corrected chi connectivity index (χ0v) is 11.8. The van der Waals surface area contributed by atoms with Crippen molar-refractivity contribution in [2.45, 2.75) is 5.22 Å². The summed E-state index contributed by atoms with van der Waals surface area (Å²) < 4.78 is 19.8. The standard InChI is InChI=1S/C12H9FN6O2S/c13-9-3-1-2-8(4-9)11-16-17-12(21-11)22-5-10(20)18-19-6-14-15-7-19/h1-4,6-7H,5H2,(H,18,20). The molecule has 0 fully saturated rings. The molecule has 10 heteroatoms. The summed E-state index contributed by atoms with van der Waals surface area (Å²) in [5.41, 5.74) is 3.01. The molecular weight excluding hydrogens is 311 g/mol. The van der Waals surface area contributed by atoms with Gasteiger partial charge in [0.15, 0.2) is 0 Å². The maximum absolute atomic E-state index is 13.1. The molecule has 1 N–H and O–H groups in total. The van der Waals surface area contributed by atoms with Crippen LogP contribution in [0.5, 0.6) is 0 Å². The van der Waals surface area contributed by atoms with Crippen LogP contribution in [0.25, 0.3) is 11.5 Å². The second-order valence-electron chi connectivity index (χ2n) is 4.08. The predicted molar refractivity (Wildman–Crippen MR) is 74.8 cm³/mol. The van der Waals surface area contributed by atoms with Gasteiger partial charge in [0.25, 0.3) is 5.22 Å². The smallest absolute Gasteiger partial charge is 0.277 e. The number of nitrogens with zero attached hydrogens (tertiary/aromatic N) is 5. The van der Waals surface area contributed by atoms with Gasteiger partial charge in [-0.2, -0.15) is 0 Å². The number of halogens is 1. The van der Waals surface area contributed by atoms with Crippen molar-refractivity contribution in [1.29, 1.82) is 0 Å². The molecule has 0 unspecified atom stereocenters. The van der Waals surface area contributed by atoms with E-state index in [-0.39, 0.29) is 22.8 Å². The third-order valence-corrected chi connectivity index (χ3v) is 3.30. The first-order valence-corrected chi connectivity index (χ1v) is 7.06. The topological polar surface area (TPSA) is 98.7 Å². The van der Waals surface area contributed by atoms with E-state index in [4.69, 9.17) is 4.42 Å². The second kappa shape index (κ2) is 6.35. The molecule has 1 amide bonds. The third kappa shape index (κ3) is 3.47. The van der Waals surface area contributed by atoms with E-state index in [1.807, 2.05) is 0 Å². The Labute approximate surface area is 127 Å². The van der Waals surface area contributed by atoms with Crippen molar-refractivity contribution in [2.24, 2.45) is 0 Å². The molecule has 0 aliphatic rings. The van der Waals surface area contributed by atoms with Gasteiger partial charge in [0, 0.05) is 5.56 Å². The van der Waals surface area contributed by atoms with Crippen LogP contribution in [0.3, 0.4) is 0 Å². The number of hydrogen-bond acceptors (Lipinski definition) is 7. The molecule has 2 aromatic heterocycles. The predicted octanol–water partition coefficient (Wildman–Crippen LogP) is 1.33. The van der Waals surface area contributed by atoms with Crippen molar-refractivity contribution in [3.05, 3.63) is 42.7 Å². The van der Waals surface area contributed by atoms with Crippen LogP contribution in [0.2, 0.25) is 0 Å². The van der Waals surface area contributed by atoms with E-state index in [0.29, 0.717) is 5.56 Å². The summed E-state index contributed by atoms with van der Waals surface area (Å²) >= 11 is 1.07. The number of carbonyl (C=O) groups excluding carboxylic acids is 1. The highest BCUT2D eigenvalue weighted by Crippen LogP contribution is 2.23. The first kappa shape index (κ1) is 14.2. The summed E-state index contributed by atoms with van der Waals surface area (Å²) in [5.74, 6) is -0.405. The number of amides is 1. The first-order valence-electron chi connectivity index (χ1n) is 6.07. The maximum Gasteiger partial charge on any atom is 0.277 e. The molecule has 8 nitrogen and oxygen atoms in total. The van der Waals surface area contributed by atoms with Gasteiger partial charge in [0.1, 0.15) is 18.5 Å². The molecule has 3 aromatic rings. The Hall–Kier alpha value is -2.75. The fraction of sp³-hybridized carbons (Fsp3) is 0.0833. The van der Waals surface area contributed by atoms with E-state index in [1.54, 1.807) is 12.1 Å². The minimum Gasteiger partial charge on any atom is -0.411 e. The fourth-order valence-corrected chi connectivity index (χ4v) is 2.12. The van der Waals surface area contributed by atoms with E-state index >= 15 is 0 Å². The first-order chi connectivity index (χ1) is 10.7. The monoisotopic (exact) mass is 320 g/mol. The molecule has 0 saturated heterocycles. The number of rotatable bonds is 5. The summed E-state index contributed by atoms with van der Waals surface area (Å²) in [6, 6.07) is 5.82. The fourth-order valence-electron chi connectivity index (χ4n) is 1.57. The highest BCUT2D eigenvalue weighted by Gasteiger charge is 2.11. The molecule has 0 spiro atoms. The Balaban J connectivity index is 1.59. The van der Waals surface area contributed by atoms with Gasteiger partial charge in [0.05, 0.1) is 5.75 Å². The van der Waals surface area contributed by atoms with Crippen molar-refractivity contribution >= 4 is 17.7 Å². The van der Waals surface area contributed by atoms with Crippen molar-refractivity contribution in [3.63, 3.8) is 0 Å². The third-order valence-electron chi connectivity index (χ3n) is 2.48. The zero-order valence-electron chi connectivity index (χ0n) is 11.0. The lowest BCUT2D eigenvalue weighted by Crippen LogP contribution is -2.23. The van der Waals surface area contributed by atoms with Crippen molar-refractivity contribution < 1.29 is 13.6 Å². The Morgan fingerprint density at radius 3 is 2.91 bits per heavy atom. The Bertz CT molecular complexity index is 776.